The minimum Gasteiger partial charge on any atom is -0.493 e. The van der Waals surface area contributed by atoms with E-state index in [9.17, 15) is 21.6 Å². The maximum absolute atomic E-state index is 13.1. The van der Waals surface area contributed by atoms with Crippen LogP contribution < -0.4 is 24.4 Å². The largest absolute Gasteiger partial charge is 0.493 e. The molecule has 196 valence electrons. The molecule has 0 amide bonds. The first-order chi connectivity index (χ1) is 17.5. The number of methoxy groups -OCH3 is 3. The Balaban J connectivity index is 1.82. The Labute approximate surface area is 212 Å². The molecule has 3 aromatic rings. The Bertz CT molecular complexity index is 1420. The third kappa shape index (κ3) is 5.20. The highest BCUT2D eigenvalue weighted by Crippen LogP contribution is 2.47. The lowest BCUT2D eigenvalue weighted by molar-refractivity contribution is -0.137. The number of nitrogens with zero attached hydrogens (tertiary/aromatic N) is 2. The third-order valence-corrected chi connectivity index (χ3v) is 6.91. The second-order valence-electron chi connectivity index (χ2n) is 8.15. The minimum absolute atomic E-state index is 0.0670. The lowest BCUT2D eigenvalue weighted by Crippen LogP contribution is -2.20. The van der Waals surface area contributed by atoms with E-state index in [4.69, 9.17) is 24.5 Å². The van der Waals surface area contributed by atoms with Crippen LogP contribution >= 0.6 is 0 Å². The van der Waals surface area contributed by atoms with Gasteiger partial charge in [-0.05, 0) is 54.1 Å². The zero-order valence-electron chi connectivity index (χ0n) is 20.1. The summed E-state index contributed by atoms with van der Waals surface area (Å²) < 4.78 is 79.2. The van der Waals surface area contributed by atoms with Gasteiger partial charge in [0.2, 0.25) is 15.8 Å². The summed E-state index contributed by atoms with van der Waals surface area (Å²) >= 11 is 0. The van der Waals surface area contributed by atoms with Gasteiger partial charge < -0.3 is 14.2 Å². The summed E-state index contributed by atoms with van der Waals surface area (Å²) in [6, 6.07) is 13.6. The van der Waals surface area contributed by atoms with Crippen LogP contribution in [0.15, 0.2) is 70.7 Å². The zero-order chi connectivity index (χ0) is 27.0. The Morgan fingerprint density at radius 2 is 1.51 bits per heavy atom. The second kappa shape index (κ2) is 9.94. The normalized spacial score (nSPS) is 15.9. The number of anilines is 1. The number of rotatable bonds is 7. The molecule has 0 saturated heterocycles. The number of ether oxygens (including phenoxy) is 3. The van der Waals surface area contributed by atoms with Crippen LogP contribution in [0.2, 0.25) is 0 Å². The molecule has 4 rings (SSSR count). The molecule has 2 N–H and O–H groups in total. The average Bonchev–Trinajstić information content (AvgIpc) is 3.32. The van der Waals surface area contributed by atoms with Crippen LogP contribution in [-0.2, 0) is 16.2 Å². The predicted octanol–water partition coefficient (Wildman–Crippen LogP) is 4.73. The first kappa shape index (κ1) is 26.3. The molecule has 1 atom stereocenters. The fourth-order valence-electron chi connectivity index (χ4n) is 4.19. The quantitative estimate of drug-likeness (QED) is 0.469. The summed E-state index contributed by atoms with van der Waals surface area (Å²) in [5.74, 6) is 1.23. The lowest BCUT2D eigenvalue weighted by atomic mass is 9.96. The standard InChI is InChI=1S/C25H24F3N3O5S/c1-34-22-13-12-19(23(35-2)24(22)36-3)21-14-20(15-4-6-16(7-5-15)25(26,27)28)30-31(21)17-8-10-18(11-9-17)37(29,32)33/h4-13,21H,14H2,1-3H3,(H2,29,32,33). The van der Waals surface area contributed by atoms with Crippen LogP contribution in [0.1, 0.15) is 29.2 Å². The molecule has 8 nitrogen and oxygen atoms in total. The lowest BCUT2D eigenvalue weighted by Gasteiger charge is -2.26. The van der Waals surface area contributed by atoms with Gasteiger partial charge in [-0.2, -0.15) is 18.3 Å². The van der Waals surface area contributed by atoms with Gasteiger partial charge in [0.05, 0.1) is 49.2 Å². The van der Waals surface area contributed by atoms with Gasteiger partial charge in [-0.3, -0.25) is 5.01 Å². The van der Waals surface area contributed by atoms with Crippen molar-refractivity contribution >= 4 is 21.4 Å². The van der Waals surface area contributed by atoms with Crippen LogP contribution in [0, 0.1) is 0 Å². The SMILES string of the molecule is COc1ccc(C2CC(c3ccc(C(F)(F)F)cc3)=NN2c2ccc(S(N)(=O)=O)cc2)c(OC)c1OC. The summed E-state index contributed by atoms with van der Waals surface area (Å²) in [5, 5.41) is 11.6. The van der Waals surface area contributed by atoms with Crippen molar-refractivity contribution < 1.29 is 35.8 Å². The first-order valence-corrected chi connectivity index (χ1v) is 12.5. The summed E-state index contributed by atoms with van der Waals surface area (Å²) in [6.07, 6.45) is -4.14. The Hall–Kier alpha value is -3.77. The molecule has 3 aromatic carbocycles. The van der Waals surface area contributed by atoms with Crippen LogP contribution in [0.25, 0.3) is 0 Å². The van der Waals surface area contributed by atoms with Gasteiger partial charge in [-0.15, -0.1) is 0 Å². The second-order valence-corrected chi connectivity index (χ2v) is 9.71. The Morgan fingerprint density at radius 3 is 2.03 bits per heavy atom. The van der Waals surface area contributed by atoms with Gasteiger partial charge in [0.1, 0.15) is 0 Å². The van der Waals surface area contributed by atoms with E-state index in [2.05, 4.69) is 0 Å². The predicted molar refractivity (Wildman–Crippen MR) is 132 cm³/mol. The van der Waals surface area contributed by atoms with Crippen molar-refractivity contribution in [3.8, 4) is 17.2 Å². The summed E-state index contributed by atoms with van der Waals surface area (Å²) in [5.41, 5.74) is 1.51. The molecule has 0 spiro atoms. The summed E-state index contributed by atoms with van der Waals surface area (Å²) in [4.78, 5) is -0.0670. The first-order valence-electron chi connectivity index (χ1n) is 10.9. The Kier molecular flexibility index (Phi) is 7.07. The molecule has 1 aliphatic heterocycles. The van der Waals surface area contributed by atoms with Crippen molar-refractivity contribution in [2.24, 2.45) is 10.2 Å². The Morgan fingerprint density at radius 1 is 0.892 bits per heavy atom. The van der Waals surface area contributed by atoms with Crippen molar-refractivity contribution in [3.63, 3.8) is 0 Å². The molecular weight excluding hydrogens is 511 g/mol. The van der Waals surface area contributed by atoms with Gasteiger partial charge in [0.15, 0.2) is 11.5 Å². The number of hydrogen-bond acceptors (Lipinski definition) is 7. The molecular formula is C25H24F3N3O5S. The number of primary sulfonamides is 1. The van der Waals surface area contributed by atoms with Crippen LogP contribution in [0.3, 0.4) is 0 Å². The molecule has 1 heterocycles. The number of sulfonamides is 1. The summed E-state index contributed by atoms with van der Waals surface area (Å²) in [6.45, 7) is 0. The van der Waals surface area contributed by atoms with Gasteiger partial charge in [0.25, 0.3) is 0 Å². The summed E-state index contributed by atoms with van der Waals surface area (Å²) in [7, 11) is 0.559. The van der Waals surface area contributed by atoms with E-state index in [-0.39, 0.29) is 4.90 Å². The molecule has 0 saturated carbocycles. The van der Waals surface area contributed by atoms with Gasteiger partial charge >= 0.3 is 6.18 Å². The highest BCUT2D eigenvalue weighted by atomic mass is 32.2. The van der Waals surface area contributed by atoms with Gasteiger partial charge in [0, 0.05) is 12.0 Å². The topological polar surface area (TPSA) is 103 Å². The van der Waals surface area contributed by atoms with E-state index < -0.39 is 27.8 Å². The fourth-order valence-corrected chi connectivity index (χ4v) is 4.71. The van der Waals surface area contributed by atoms with Gasteiger partial charge in [-0.25, -0.2) is 13.6 Å². The highest BCUT2D eigenvalue weighted by molar-refractivity contribution is 7.89. The van der Waals surface area contributed by atoms with E-state index >= 15 is 0 Å². The van der Waals surface area contributed by atoms with Crippen molar-refractivity contribution in [3.05, 3.63) is 77.4 Å². The smallest absolute Gasteiger partial charge is 0.416 e. The molecule has 37 heavy (non-hydrogen) atoms. The maximum atomic E-state index is 13.1. The molecule has 1 aliphatic rings. The van der Waals surface area contributed by atoms with Crippen molar-refractivity contribution in [2.45, 2.75) is 23.5 Å². The molecule has 0 fully saturated rings. The number of halogens is 3. The van der Waals surface area contributed by atoms with Crippen molar-refractivity contribution in [2.75, 3.05) is 26.3 Å². The van der Waals surface area contributed by atoms with Crippen molar-refractivity contribution in [1.29, 1.82) is 0 Å². The molecule has 1 unspecified atom stereocenters. The average molecular weight is 536 g/mol. The van der Waals surface area contributed by atoms with Crippen LogP contribution in [-0.4, -0.2) is 35.5 Å². The molecule has 0 bridgehead atoms. The molecule has 12 heteroatoms. The minimum atomic E-state index is -4.46. The van der Waals surface area contributed by atoms with Crippen LogP contribution in [0.4, 0.5) is 18.9 Å². The molecule has 0 radical (unpaired) electrons. The van der Waals surface area contributed by atoms with E-state index in [1.807, 2.05) is 0 Å². The van der Waals surface area contributed by atoms with Crippen LogP contribution in [0.5, 0.6) is 17.2 Å². The number of hydrogen-bond donors (Lipinski definition) is 1. The number of nitrogens with two attached hydrogens (primary N) is 1. The van der Waals surface area contributed by atoms with Gasteiger partial charge in [-0.1, -0.05) is 12.1 Å². The third-order valence-electron chi connectivity index (χ3n) is 5.98. The highest BCUT2D eigenvalue weighted by Gasteiger charge is 2.35. The number of alkyl halides is 3. The number of hydrazone groups is 1. The maximum Gasteiger partial charge on any atom is 0.416 e. The van der Waals surface area contributed by atoms with E-state index in [0.717, 1.165) is 12.1 Å². The zero-order valence-corrected chi connectivity index (χ0v) is 20.9. The van der Waals surface area contributed by atoms with Crippen molar-refractivity contribution in [1.82, 2.24) is 0 Å². The van der Waals surface area contributed by atoms with E-state index in [1.165, 1.54) is 45.6 Å². The molecule has 0 aliphatic carbocycles. The monoisotopic (exact) mass is 535 g/mol. The van der Waals surface area contributed by atoms with E-state index in [1.54, 1.807) is 29.3 Å². The molecule has 0 aromatic heterocycles. The fraction of sp³-hybridized carbons (Fsp3) is 0.240. The van der Waals surface area contributed by atoms with E-state index in [0.29, 0.717) is 46.2 Å². The number of benzene rings is 3.